The number of allylic oxidation sites excluding steroid dienone is 3. The number of nitrogens with one attached hydrogen (secondary N) is 1. The Bertz CT molecular complexity index is 636. The molecule has 0 aromatic carbocycles. The van der Waals surface area contributed by atoms with Crippen LogP contribution < -0.4 is 5.32 Å². The standard InChI is InChI=1S/C13H12N2O4S/c1-19-6-12(18)15-13-14-10(7-20-13)9-4-2-8(16)3-5-11(9)17/h2,4,7,11,16-17H,6H2,1H3,(H,14,15,18). The number of aliphatic hydroxyl groups excluding tert-OH is 2. The summed E-state index contributed by atoms with van der Waals surface area (Å²) < 4.78 is 4.70. The molecule has 1 heterocycles. The molecule has 0 bridgehead atoms. The van der Waals surface area contributed by atoms with Gasteiger partial charge in [-0.1, -0.05) is 5.92 Å². The van der Waals surface area contributed by atoms with Gasteiger partial charge in [0.25, 0.3) is 5.91 Å². The molecule has 0 saturated carbocycles. The fourth-order valence-corrected chi connectivity index (χ4v) is 2.23. The lowest BCUT2D eigenvalue weighted by Crippen LogP contribution is -2.17. The minimum Gasteiger partial charge on any atom is -0.501 e. The first-order chi connectivity index (χ1) is 9.60. The first kappa shape index (κ1) is 14.3. The molecule has 1 aliphatic rings. The van der Waals surface area contributed by atoms with E-state index in [1.54, 1.807) is 5.38 Å². The van der Waals surface area contributed by atoms with Crippen LogP contribution in [0, 0.1) is 11.8 Å². The Kier molecular flexibility index (Phi) is 4.53. The maximum absolute atomic E-state index is 11.4. The second-order valence-electron chi connectivity index (χ2n) is 3.86. The molecular weight excluding hydrogens is 280 g/mol. The van der Waals surface area contributed by atoms with Gasteiger partial charge in [-0.3, -0.25) is 10.1 Å². The largest absolute Gasteiger partial charge is 0.501 e. The number of ether oxygens (including phenoxy) is 1. The van der Waals surface area contributed by atoms with Gasteiger partial charge >= 0.3 is 0 Å². The highest BCUT2D eigenvalue weighted by atomic mass is 32.1. The predicted molar refractivity (Wildman–Crippen MR) is 75.1 cm³/mol. The minimum atomic E-state index is -1.04. The minimum absolute atomic E-state index is 0.0533. The van der Waals surface area contributed by atoms with Gasteiger partial charge in [0.15, 0.2) is 10.9 Å². The summed E-state index contributed by atoms with van der Waals surface area (Å²) in [5.74, 6) is 4.47. The summed E-state index contributed by atoms with van der Waals surface area (Å²) >= 11 is 1.23. The number of amides is 1. The lowest BCUT2D eigenvalue weighted by atomic mass is 10.1. The summed E-state index contributed by atoms with van der Waals surface area (Å²) in [7, 11) is 1.43. The van der Waals surface area contributed by atoms with Crippen molar-refractivity contribution in [3.8, 4) is 11.8 Å². The van der Waals surface area contributed by atoms with Crippen LogP contribution in [0.1, 0.15) is 5.69 Å². The van der Waals surface area contributed by atoms with E-state index in [9.17, 15) is 15.0 Å². The van der Waals surface area contributed by atoms with Crippen LogP contribution in [-0.4, -0.2) is 40.9 Å². The van der Waals surface area contributed by atoms with E-state index in [2.05, 4.69) is 22.1 Å². The summed E-state index contributed by atoms with van der Waals surface area (Å²) in [4.78, 5) is 15.6. The molecule has 2 rings (SSSR count). The average Bonchev–Trinajstić information content (AvgIpc) is 2.78. The van der Waals surface area contributed by atoms with Crippen LogP contribution in [0.2, 0.25) is 0 Å². The number of carbonyl (C=O) groups is 1. The summed E-state index contributed by atoms with van der Waals surface area (Å²) in [5, 5.41) is 23.8. The molecule has 0 spiro atoms. The molecule has 20 heavy (non-hydrogen) atoms. The molecule has 3 N–H and O–H groups in total. The van der Waals surface area contributed by atoms with Gasteiger partial charge < -0.3 is 14.9 Å². The number of hydrogen-bond donors (Lipinski definition) is 3. The second kappa shape index (κ2) is 6.34. The van der Waals surface area contributed by atoms with Gasteiger partial charge in [-0.25, -0.2) is 4.98 Å². The number of aromatic nitrogens is 1. The third kappa shape index (κ3) is 3.45. The van der Waals surface area contributed by atoms with Gasteiger partial charge in [-0.15, -0.1) is 11.3 Å². The van der Waals surface area contributed by atoms with E-state index >= 15 is 0 Å². The Balaban J connectivity index is 2.17. The highest BCUT2D eigenvalue weighted by molar-refractivity contribution is 7.14. The van der Waals surface area contributed by atoms with Crippen molar-refractivity contribution in [1.82, 2.24) is 4.98 Å². The van der Waals surface area contributed by atoms with E-state index in [1.165, 1.54) is 30.6 Å². The average molecular weight is 292 g/mol. The number of methoxy groups -OCH3 is 1. The van der Waals surface area contributed by atoms with Crippen LogP contribution in [0.3, 0.4) is 0 Å². The van der Waals surface area contributed by atoms with E-state index in [0.717, 1.165) is 0 Å². The normalized spacial score (nSPS) is 17.4. The van der Waals surface area contributed by atoms with Gasteiger partial charge in [0.2, 0.25) is 0 Å². The van der Waals surface area contributed by atoms with Crippen molar-refractivity contribution >= 4 is 27.9 Å². The summed E-state index contributed by atoms with van der Waals surface area (Å²) in [6.45, 7) is -0.0533. The van der Waals surface area contributed by atoms with Crippen molar-refractivity contribution in [2.24, 2.45) is 0 Å². The molecule has 1 aromatic rings. The maximum atomic E-state index is 11.4. The van der Waals surface area contributed by atoms with Gasteiger partial charge in [0.1, 0.15) is 12.7 Å². The van der Waals surface area contributed by atoms with E-state index in [-0.39, 0.29) is 18.3 Å². The molecule has 0 fully saturated rings. The zero-order valence-corrected chi connectivity index (χ0v) is 11.4. The Morgan fingerprint density at radius 2 is 2.40 bits per heavy atom. The number of aliphatic hydroxyl groups is 2. The third-order valence-corrected chi connectivity index (χ3v) is 3.13. The number of nitrogens with zero attached hydrogens (tertiary/aromatic N) is 1. The fourth-order valence-electron chi connectivity index (χ4n) is 1.50. The topological polar surface area (TPSA) is 91.7 Å². The number of anilines is 1. The number of hydrogen-bond acceptors (Lipinski definition) is 6. The van der Waals surface area contributed by atoms with Crippen LogP contribution >= 0.6 is 11.3 Å². The van der Waals surface area contributed by atoms with Crippen molar-refractivity contribution < 1.29 is 19.7 Å². The van der Waals surface area contributed by atoms with Crippen molar-refractivity contribution in [2.75, 3.05) is 19.0 Å². The Morgan fingerprint density at radius 3 is 3.15 bits per heavy atom. The molecule has 104 valence electrons. The van der Waals surface area contributed by atoms with Crippen LogP contribution in [-0.2, 0) is 9.53 Å². The van der Waals surface area contributed by atoms with Crippen molar-refractivity contribution in [3.63, 3.8) is 0 Å². The van der Waals surface area contributed by atoms with Crippen LogP contribution in [0.4, 0.5) is 5.13 Å². The highest BCUT2D eigenvalue weighted by Gasteiger charge is 2.16. The monoisotopic (exact) mass is 292 g/mol. The summed E-state index contributed by atoms with van der Waals surface area (Å²) in [5.41, 5.74) is 0.959. The molecule has 1 aromatic heterocycles. The van der Waals surface area contributed by atoms with Crippen molar-refractivity contribution in [3.05, 3.63) is 29.0 Å². The van der Waals surface area contributed by atoms with E-state index in [4.69, 9.17) is 4.74 Å². The summed E-state index contributed by atoms with van der Waals surface area (Å²) in [6, 6.07) is 0. The molecule has 0 radical (unpaired) electrons. The van der Waals surface area contributed by atoms with Crippen LogP contribution in [0.15, 0.2) is 23.3 Å². The van der Waals surface area contributed by atoms with Crippen LogP contribution in [0.25, 0.3) is 5.57 Å². The van der Waals surface area contributed by atoms with Crippen molar-refractivity contribution in [2.45, 2.75) is 6.10 Å². The molecule has 0 aliphatic heterocycles. The van der Waals surface area contributed by atoms with Crippen LogP contribution in [0.5, 0.6) is 0 Å². The SMILES string of the molecule is COCC(=O)Nc1nc(C2=CC=C(O)C#CC2O)cs1. The van der Waals surface area contributed by atoms with E-state index < -0.39 is 6.10 Å². The smallest absolute Gasteiger partial charge is 0.252 e. The van der Waals surface area contributed by atoms with Gasteiger partial charge in [0, 0.05) is 18.1 Å². The lowest BCUT2D eigenvalue weighted by Gasteiger charge is -2.05. The van der Waals surface area contributed by atoms with Gasteiger partial charge in [-0.05, 0) is 18.1 Å². The summed E-state index contributed by atoms with van der Waals surface area (Å²) in [6.07, 6.45) is 1.88. The predicted octanol–water partition coefficient (Wildman–Crippen LogP) is 0.931. The zero-order chi connectivity index (χ0) is 14.5. The molecule has 1 aliphatic carbocycles. The number of rotatable bonds is 4. The lowest BCUT2D eigenvalue weighted by molar-refractivity contribution is -0.119. The Morgan fingerprint density at radius 1 is 1.60 bits per heavy atom. The Hall–Kier alpha value is -2.14. The zero-order valence-electron chi connectivity index (χ0n) is 10.6. The number of carbonyl (C=O) groups excluding carboxylic acids is 1. The molecule has 6 nitrogen and oxygen atoms in total. The quantitative estimate of drug-likeness (QED) is 0.718. The van der Waals surface area contributed by atoms with E-state index in [0.29, 0.717) is 16.4 Å². The molecule has 7 heteroatoms. The Labute approximate surface area is 119 Å². The first-order valence-corrected chi connectivity index (χ1v) is 6.53. The van der Waals surface area contributed by atoms with Gasteiger partial charge in [0.05, 0.1) is 5.69 Å². The molecular formula is C13H12N2O4S. The first-order valence-electron chi connectivity index (χ1n) is 5.65. The highest BCUT2D eigenvalue weighted by Crippen LogP contribution is 2.25. The maximum Gasteiger partial charge on any atom is 0.252 e. The fraction of sp³-hybridized carbons (Fsp3) is 0.231. The van der Waals surface area contributed by atoms with E-state index in [1.807, 2.05) is 0 Å². The van der Waals surface area contributed by atoms with Gasteiger partial charge in [-0.2, -0.15) is 0 Å². The number of thiazole rings is 1. The molecule has 0 saturated heterocycles. The third-order valence-electron chi connectivity index (χ3n) is 2.37. The molecule has 1 amide bonds. The molecule has 1 atom stereocenters. The molecule has 1 unspecified atom stereocenters. The van der Waals surface area contributed by atoms with Crippen molar-refractivity contribution in [1.29, 1.82) is 0 Å². The second-order valence-corrected chi connectivity index (χ2v) is 4.72.